The summed E-state index contributed by atoms with van der Waals surface area (Å²) in [6, 6.07) is 2.46. The Morgan fingerprint density at radius 3 is 2.31 bits per heavy atom. The first-order valence-electron chi connectivity index (χ1n) is 6.05. The van der Waals surface area contributed by atoms with Gasteiger partial charge in [0.15, 0.2) is 0 Å². The number of aromatic nitrogens is 2. The van der Waals surface area contributed by atoms with E-state index < -0.39 is 0 Å². The molecule has 90 valence electrons. The zero-order valence-electron chi connectivity index (χ0n) is 10.7. The zero-order chi connectivity index (χ0) is 12.0. The lowest BCUT2D eigenvalue weighted by Gasteiger charge is -2.16. The number of aryl methyl sites for hydroxylation is 1. The molecule has 0 aliphatic heterocycles. The predicted octanol–water partition coefficient (Wildman–Crippen LogP) is 2.82. The molecule has 0 bridgehead atoms. The first-order chi connectivity index (χ1) is 7.69. The summed E-state index contributed by atoms with van der Waals surface area (Å²) in [7, 11) is 0. The van der Waals surface area contributed by atoms with E-state index in [1.807, 2.05) is 13.0 Å². The van der Waals surface area contributed by atoms with E-state index in [1.54, 1.807) is 0 Å². The van der Waals surface area contributed by atoms with Crippen LogP contribution in [0.15, 0.2) is 6.07 Å². The van der Waals surface area contributed by atoms with E-state index in [0.717, 1.165) is 36.8 Å². The van der Waals surface area contributed by atoms with Crippen molar-refractivity contribution in [3.8, 4) is 0 Å². The van der Waals surface area contributed by atoms with Gasteiger partial charge in [-0.3, -0.25) is 0 Å². The molecule has 0 fully saturated rings. The second-order valence-electron chi connectivity index (χ2n) is 3.87. The lowest BCUT2D eigenvalue weighted by molar-refractivity contribution is 0.667. The number of hydrogen-bond donors (Lipinski definition) is 2. The van der Waals surface area contributed by atoms with Gasteiger partial charge < -0.3 is 10.6 Å². The smallest absolute Gasteiger partial charge is 0.132 e. The molecule has 1 rings (SSSR count). The van der Waals surface area contributed by atoms with Crippen molar-refractivity contribution in [2.24, 2.45) is 0 Å². The van der Waals surface area contributed by atoms with Gasteiger partial charge in [-0.05, 0) is 26.7 Å². The number of rotatable bonds is 6. The van der Waals surface area contributed by atoms with E-state index in [9.17, 15) is 0 Å². The lowest BCUT2D eigenvalue weighted by atomic mass is 10.2. The molecule has 0 aliphatic carbocycles. The highest BCUT2D eigenvalue weighted by molar-refractivity contribution is 5.47. The summed E-state index contributed by atoms with van der Waals surface area (Å²) >= 11 is 0. The van der Waals surface area contributed by atoms with Gasteiger partial charge in [-0.25, -0.2) is 9.97 Å². The van der Waals surface area contributed by atoms with Crippen molar-refractivity contribution in [3.63, 3.8) is 0 Å². The van der Waals surface area contributed by atoms with Gasteiger partial charge in [0.1, 0.15) is 17.5 Å². The molecular formula is C12H22N4. The van der Waals surface area contributed by atoms with Crippen molar-refractivity contribution in [1.29, 1.82) is 0 Å². The van der Waals surface area contributed by atoms with Crippen LogP contribution in [0.5, 0.6) is 0 Å². The van der Waals surface area contributed by atoms with E-state index in [-0.39, 0.29) is 0 Å². The molecule has 0 aliphatic rings. The molecule has 0 unspecified atom stereocenters. The molecule has 0 atom stereocenters. The molecule has 0 radical (unpaired) electrons. The summed E-state index contributed by atoms with van der Waals surface area (Å²) in [6.45, 7) is 9.21. The van der Waals surface area contributed by atoms with Crippen LogP contribution in [0.4, 0.5) is 11.6 Å². The summed E-state index contributed by atoms with van der Waals surface area (Å²) in [6.07, 6.45) is 2.21. The molecule has 4 nitrogen and oxygen atoms in total. The molecule has 1 aromatic heterocycles. The van der Waals surface area contributed by atoms with Crippen LogP contribution >= 0.6 is 0 Å². The van der Waals surface area contributed by atoms with Crippen LogP contribution in [0, 0.1) is 6.92 Å². The van der Waals surface area contributed by atoms with E-state index in [1.165, 1.54) is 0 Å². The van der Waals surface area contributed by atoms with Crippen LogP contribution < -0.4 is 10.6 Å². The minimum atomic E-state index is 0.490. The molecule has 0 amide bonds. The van der Waals surface area contributed by atoms with Crippen LogP contribution in [-0.4, -0.2) is 22.6 Å². The lowest BCUT2D eigenvalue weighted by Crippen LogP contribution is -2.18. The summed E-state index contributed by atoms with van der Waals surface area (Å²) in [5, 5.41) is 6.63. The maximum Gasteiger partial charge on any atom is 0.132 e. The van der Waals surface area contributed by atoms with Crippen molar-refractivity contribution in [2.75, 3.05) is 17.2 Å². The highest BCUT2D eigenvalue weighted by atomic mass is 15.1. The van der Waals surface area contributed by atoms with Crippen LogP contribution in [0.3, 0.4) is 0 Å². The van der Waals surface area contributed by atoms with Crippen molar-refractivity contribution in [2.45, 2.75) is 46.6 Å². The number of nitrogens with zero attached hydrogens (tertiary/aromatic N) is 2. The van der Waals surface area contributed by atoms with Crippen molar-refractivity contribution >= 4 is 11.6 Å². The van der Waals surface area contributed by atoms with Gasteiger partial charge in [0.25, 0.3) is 0 Å². The van der Waals surface area contributed by atoms with E-state index in [0.29, 0.717) is 6.04 Å². The predicted molar refractivity (Wildman–Crippen MR) is 68.9 cm³/mol. The van der Waals surface area contributed by atoms with E-state index in [2.05, 4.69) is 41.4 Å². The first-order valence-corrected chi connectivity index (χ1v) is 6.05. The minimum Gasteiger partial charge on any atom is -0.370 e. The summed E-state index contributed by atoms with van der Waals surface area (Å²) in [5.74, 6) is 2.60. The highest BCUT2D eigenvalue weighted by Gasteiger charge is 2.06. The fourth-order valence-corrected chi connectivity index (χ4v) is 1.62. The fourth-order valence-electron chi connectivity index (χ4n) is 1.62. The van der Waals surface area contributed by atoms with Crippen LogP contribution in [-0.2, 0) is 0 Å². The van der Waals surface area contributed by atoms with Gasteiger partial charge in [0.2, 0.25) is 0 Å². The largest absolute Gasteiger partial charge is 0.370 e. The van der Waals surface area contributed by atoms with Crippen molar-refractivity contribution < 1.29 is 0 Å². The highest BCUT2D eigenvalue weighted by Crippen LogP contribution is 2.13. The number of hydrogen-bond acceptors (Lipinski definition) is 4. The third-order valence-electron chi connectivity index (χ3n) is 2.53. The van der Waals surface area contributed by atoms with Crippen LogP contribution in [0.1, 0.15) is 39.4 Å². The SMILES string of the molecule is CCNc1cc(NC(CC)CC)nc(C)n1. The quantitative estimate of drug-likeness (QED) is 0.777. The average molecular weight is 222 g/mol. The second kappa shape index (κ2) is 6.30. The topological polar surface area (TPSA) is 49.8 Å². The Morgan fingerprint density at radius 1 is 1.12 bits per heavy atom. The Balaban J connectivity index is 2.78. The molecule has 0 aromatic carbocycles. The average Bonchev–Trinajstić information content (AvgIpc) is 2.25. The van der Waals surface area contributed by atoms with Crippen LogP contribution in [0.2, 0.25) is 0 Å². The number of nitrogens with one attached hydrogen (secondary N) is 2. The van der Waals surface area contributed by atoms with E-state index >= 15 is 0 Å². The normalized spacial score (nSPS) is 10.6. The van der Waals surface area contributed by atoms with Gasteiger partial charge in [-0.15, -0.1) is 0 Å². The monoisotopic (exact) mass is 222 g/mol. The maximum atomic E-state index is 4.39. The molecule has 0 spiro atoms. The van der Waals surface area contributed by atoms with E-state index in [4.69, 9.17) is 0 Å². The first kappa shape index (κ1) is 12.7. The fraction of sp³-hybridized carbons (Fsp3) is 0.667. The molecule has 4 heteroatoms. The van der Waals surface area contributed by atoms with Gasteiger partial charge in [0, 0.05) is 18.7 Å². The molecule has 16 heavy (non-hydrogen) atoms. The Morgan fingerprint density at radius 2 is 1.75 bits per heavy atom. The van der Waals surface area contributed by atoms with Crippen LogP contribution in [0.25, 0.3) is 0 Å². The van der Waals surface area contributed by atoms with Gasteiger partial charge in [-0.1, -0.05) is 13.8 Å². The summed E-state index contributed by atoms with van der Waals surface area (Å²) in [4.78, 5) is 8.71. The van der Waals surface area contributed by atoms with Gasteiger partial charge in [0.05, 0.1) is 0 Å². The third-order valence-corrected chi connectivity index (χ3v) is 2.53. The standard InChI is InChI=1S/C12H22N4/c1-5-10(6-2)16-12-8-11(13-7-3)14-9(4)15-12/h8,10H,5-7H2,1-4H3,(H2,13,14,15,16). The minimum absolute atomic E-state index is 0.490. The summed E-state index contributed by atoms with van der Waals surface area (Å²) < 4.78 is 0. The molecule has 0 saturated heterocycles. The zero-order valence-corrected chi connectivity index (χ0v) is 10.7. The second-order valence-corrected chi connectivity index (χ2v) is 3.87. The van der Waals surface area contributed by atoms with Crippen molar-refractivity contribution in [1.82, 2.24) is 9.97 Å². The Labute approximate surface area is 97.9 Å². The maximum absolute atomic E-state index is 4.39. The molecular weight excluding hydrogens is 200 g/mol. The third kappa shape index (κ3) is 3.68. The molecule has 1 heterocycles. The Hall–Kier alpha value is -1.32. The van der Waals surface area contributed by atoms with Gasteiger partial charge >= 0.3 is 0 Å². The Bertz CT molecular complexity index is 321. The number of anilines is 2. The Kier molecular flexibility index (Phi) is 5.02. The summed E-state index contributed by atoms with van der Waals surface area (Å²) in [5.41, 5.74) is 0. The van der Waals surface area contributed by atoms with Crippen molar-refractivity contribution in [3.05, 3.63) is 11.9 Å². The molecule has 2 N–H and O–H groups in total. The van der Waals surface area contributed by atoms with Gasteiger partial charge in [-0.2, -0.15) is 0 Å². The molecule has 1 aromatic rings. The molecule has 0 saturated carbocycles.